The van der Waals surface area contributed by atoms with Crippen molar-refractivity contribution in [2.75, 3.05) is 45.2 Å². The Labute approximate surface area is 192 Å². The van der Waals surface area contributed by atoms with Gasteiger partial charge in [-0.3, -0.25) is 14.9 Å². The number of carbonyl (C=O) groups excluding carboxylic acids is 2. The first-order valence-corrected chi connectivity index (χ1v) is 10.7. The van der Waals surface area contributed by atoms with Gasteiger partial charge in [-0.25, -0.2) is 0 Å². The van der Waals surface area contributed by atoms with Gasteiger partial charge in [0, 0.05) is 31.7 Å². The highest BCUT2D eigenvalue weighted by Crippen LogP contribution is 2.24. The van der Waals surface area contributed by atoms with Crippen molar-refractivity contribution in [3.05, 3.63) is 58.6 Å². The van der Waals surface area contributed by atoms with Gasteiger partial charge in [0.2, 0.25) is 0 Å². The average Bonchev–Trinajstić information content (AvgIpc) is 2.74. The maximum Gasteiger partial charge on any atom is 0.264 e. The number of hydrogen-bond donors (Lipinski definition) is 2. The zero-order valence-electron chi connectivity index (χ0n) is 17.5. The van der Waals surface area contributed by atoms with Crippen molar-refractivity contribution in [2.24, 2.45) is 0 Å². The highest BCUT2D eigenvalue weighted by molar-refractivity contribution is 7.80. The first-order chi connectivity index (χ1) is 14.8. The molecule has 0 spiro atoms. The molecule has 1 fully saturated rings. The number of carbonyl (C=O) groups is 2. The van der Waals surface area contributed by atoms with Gasteiger partial charge in [-0.15, -0.1) is 0 Å². The lowest BCUT2D eigenvalue weighted by Gasteiger charge is -2.32. The summed E-state index contributed by atoms with van der Waals surface area (Å²) in [4.78, 5) is 28.9. The van der Waals surface area contributed by atoms with Crippen LogP contribution in [0.1, 0.15) is 15.9 Å². The van der Waals surface area contributed by atoms with Crippen molar-refractivity contribution in [2.45, 2.75) is 6.92 Å². The highest BCUT2D eigenvalue weighted by Gasteiger charge is 2.21. The second-order valence-corrected chi connectivity index (χ2v) is 8.21. The Morgan fingerprint density at radius 1 is 1.13 bits per heavy atom. The zero-order valence-corrected chi connectivity index (χ0v) is 19.1. The van der Waals surface area contributed by atoms with E-state index in [9.17, 15) is 9.59 Å². The van der Waals surface area contributed by atoms with Crippen LogP contribution in [-0.2, 0) is 4.79 Å². The first-order valence-electron chi connectivity index (χ1n) is 9.89. The molecule has 31 heavy (non-hydrogen) atoms. The number of ether oxygens (including phenoxy) is 1. The summed E-state index contributed by atoms with van der Waals surface area (Å²) in [6, 6.07) is 12.4. The maximum absolute atomic E-state index is 12.8. The van der Waals surface area contributed by atoms with E-state index in [1.807, 2.05) is 37.1 Å². The minimum Gasteiger partial charge on any atom is -0.484 e. The molecule has 9 heteroatoms. The van der Waals surface area contributed by atoms with Gasteiger partial charge in [0.25, 0.3) is 11.8 Å². The Hall–Kier alpha value is -2.68. The summed E-state index contributed by atoms with van der Waals surface area (Å²) in [5.41, 5.74) is 2.00. The van der Waals surface area contributed by atoms with Crippen molar-refractivity contribution in [3.63, 3.8) is 0 Å². The van der Waals surface area contributed by atoms with E-state index in [4.69, 9.17) is 28.6 Å². The van der Waals surface area contributed by atoms with Gasteiger partial charge in [0.15, 0.2) is 11.7 Å². The molecule has 2 N–H and O–H groups in total. The predicted molar refractivity (Wildman–Crippen MR) is 126 cm³/mol. The summed E-state index contributed by atoms with van der Waals surface area (Å²) >= 11 is 11.5. The number of rotatable bonds is 5. The second kappa shape index (κ2) is 10.6. The Kier molecular flexibility index (Phi) is 7.84. The molecule has 2 amide bonds. The second-order valence-electron chi connectivity index (χ2n) is 7.40. The van der Waals surface area contributed by atoms with E-state index >= 15 is 0 Å². The standard InChI is InChI=1S/C22H25ClN4O3S/c1-15-4-3-5-17(12-15)30-14-20(28)25-22(31)24-19-13-16(6-7-18(19)23)21(29)27-10-8-26(2)9-11-27/h3-7,12-13H,8-11,14H2,1-2H3,(H2,24,25,28,31). The Bertz CT molecular complexity index is 977. The van der Waals surface area contributed by atoms with Crippen LogP contribution in [0.5, 0.6) is 5.75 Å². The molecule has 164 valence electrons. The zero-order chi connectivity index (χ0) is 22.4. The van der Waals surface area contributed by atoms with Gasteiger partial charge in [0.1, 0.15) is 5.75 Å². The molecule has 0 bridgehead atoms. The fraction of sp³-hybridized carbons (Fsp3) is 0.318. The van der Waals surface area contributed by atoms with E-state index in [0.29, 0.717) is 35.1 Å². The number of nitrogens with zero attached hydrogens (tertiary/aromatic N) is 2. The summed E-state index contributed by atoms with van der Waals surface area (Å²) in [6.07, 6.45) is 0. The number of aryl methyl sites for hydroxylation is 1. The predicted octanol–water partition coefficient (Wildman–Crippen LogP) is 2.93. The first kappa shape index (κ1) is 23.0. The molecule has 0 unspecified atom stereocenters. The third kappa shape index (κ3) is 6.65. The van der Waals surface area contributed by atoms with Crippen LogP contribution in [0, 0.1) is 6.92 Å². The van der Waals surface area contributed by atoms with Crippen molar-refractivity contribution in [1.82, 2.24) is 15.1 Å². The number of nitrogens with one attached hydrogen (secondary N) is 2. The van der Waals surface area contributed by atoms with Gasteiger partial charge in [-0.05, 0) is 62.1 Å². The Balaban J connectivity index is 1.56. The van der Waals surface area contributed by atoms with Crippen LogP contribution in [-0.4, -0.2) is 66.6 Å². The molecule has 2 aromatic carbocycles. The minimum absolute atomic E-state index is 0.0608. The summed E-state index contributed by atoms with van der Waals surface area (Å²) in [5.74, 6) is 0.140. The molecule has 0 atom stereocenters. The maximum atomic E-state index is 12.8. The van der Waals surface area contributed by atoms with E-state index < -0.39 is 5.91 Å². The molecule has 0 aromatic heterocycles. The molecule has 2 aromatic rings. The number of amides is 2. The topological polar surface area (TPSA) is 73.9 Å². The molecule has 3 rings (SSSR count). The van der Waals surface area contributed by atoms with Crippen LogP contribution in [0.4, 0.5) is 5.69 Å². The Morgan fingerprint density at radius 3 is 2.58 bits per heavy atom. The van der Waals surface area contributed by atoms with Gasteiger partial charge in [-0.2, -0.15) is 0 Å². The van der Waals surface area contributed by atoms with Crippen molar-refractivity contribution >= 4 is 46.4 Å². The average molecular weight is 461 g/mol. The third-order valence-corrected chi connectivity index (χ3v) is 5.40. The number of hydrogen-bond acceptors (Lipinski definition) is 5. The van der Waals surface area contributed by atoms with Crippen LogP contribution in [0.3, 0.4) is 0 Å². The molecule has 1 heterocycles. The summed E-state index contributed by atoms with van der Waals surface area (Å²) in [6.45, 7) is 4.79. The smallest absolute Gasteiger partial charge is 0.264 e. The molecule has 0 saturated carbocycles. The quantitative estimate of drug-likeness (QED) is 0.668. The summed E-state index contributed by atoms with van der Waals surface area (Å²) in [5, 5.41) is 5.91. The monoisotopic (exact) mass is 460 g/mol. The van der Waals surface area contributed by atoms with E-state index in [1.165, 1.54) is 0 Å². The van der Waals surface area contributed by atoms with Crippen molar-refractivity contribution in [3.8, 4) is 5.75 Å². The number of thiocarbonyl (C=S) groups is 1. The van der Waals surface area contributed by atoms with Gasteiger partial charge >= 0.3 is 0 Å². The SMILES string of the molecule is Cc1cccc(OCC(=O)NC(=S)Nc2cc(C(=O)N3CCN(C)CC3)ccc2Cl)c1. The number of anilines is 1. The van der Waals surface area contributed by atoms with Crippen LogP contribution in [0.15, 0.2) is 42.5 Å². The van der Waals surface area contributed by atoms with E-state index in [-0.39, 0.29) is 17.6 Å². The lowest BCUT2D eigenvalue weighted by atomic mass is 10.1. The van der Waals surface area contributed by atoms with E-state index in [1.54, 1.807) is 24.3 Å². The molecule has 1 saturated heterocycles. The van der Waals surface area contributed by atoms with Crippen LogP contribution in [0.2, 0.25) is 5.02 Å². The number of piperazine rings is 1. The van der Waals surface area contributed by atoms with Gasteiger partial charge < -0.3 is 19.9 Å². The van der Waals surface area contributed by atoms with Crippen molar-refractivity contribution in [1.29, 1.82) is 0 Å². The largest absolute Gasteiger partial charge is 0.484 e. The highest BCUT2D eigenvalue weighted by atomic mass is 35.5. The number of benzene rings is 2. The van der Waals surface area contributed by atoms with E-state index in [2.05, 4.69) is 15.5 Å². The molecule has 0 aliphatic carbocycles. The fourth-order valence-corrected chi connectivity index (χ4v) is 3.51. The number of likely N-dealkylation sites (N-methyl/N-ethyl adjacent to an activating group) is 1. The number of halogens is 1. The molecule has 0 radical (unpaired) electrons. The van der Waals surface area contributed by atoms with E-state index in [0.717, 1.165) is 18.7 Å². The Morgan fingerprint density at radius 2 is 1.87 bits per heavy atom. The summed E-state index contributed by atoms with van der Waals surface area (Å²) in [7, 11) is 2.04. The lowest BCUT2D eigenvalue weighted by Crippen LogP contribution is -2.47. The van der Waals surface area contributed by atoms with Gasteiger partial charge in [-0.1, -0.05) is 23.7 Å². The fourth-order valence-electron chi connectivity index (χ4n) is 3.12. The molecular weight excluding hydrogens is 436 g/mol. The summed E-state index contributed by atoms with van der Waals surface area (Å²) < 4.78 is 5.47. The molecule has 1 aliphatic rings. The van der Waals surface area contributed by atoms with Crippen LogP contribution in [0.25, 0.3) is 0 Å². The molecule has 1 aliphatic heterocycles. The normalized spacial score (nSPS) is 14.1. The van der Waals surface area contributed by atoms with Crippen molar-refractivity contribution < 1.29 is 14.3 Å². The third-order valence-electron chi connectivity index (χ3n) is 4.86. The lowest BCUT2D eigenvalue weighted by molar-refractivity contribution is -0.121. The molecular formula is C22H25ClN4O3S. The van der Waals surface area contributed by atoms with Gasteiger partial charge in [0.05, 0.1) is 10.7 Å². The van der Waals surface area contributed by atoms with Crippen LogP contribution >= 0.6 is 23.8 Å². The minimum atomic E-state index is -0.403. The van der Waals surface area contributed by atoms with Crippen LogP contribution < -0.4 is 15.4 Å². The molecule has 7 nitrogen and oxygen atoms in total.